The quantitative estimate of drug-likeness (QED) is 0.181. The molecule has 0 aliphatic carbocycles. The smallest absolute Gasteiger partial charge is 0.149 e. The lowest BCUT2D eigenvalue weighted by Gasteiger charge is -2.23. The molecule has 0 spiro atoms. The Morgan fingerprint density at radius 2 is 1.16 bits per heavy atom. The zero-order chi connectivity index (χ0) is 65.4. The summed E-state index contributed by atoms with van der Waals surface area (Å²) in [6.07, 6.45) is -0.833. The Kier molecular flexibility index (Phi) is 5.45. The van der Waals surface area contributed by atoms with E-state index in [1.165, 1.54) is 0 Å². The van der Waals surface area contributed by atoms with Crippen molar-refractivity contribution < 1.29 is 39.4 Å². The van der Waals surface area contributed by atoms with Crippen molar-refractivity contribution >= 4 is 11.0 Å². The molecule has 0 aliphatic rings. The van der Waals surface area contributed by atoms with E-state index in [0.717, 1.165) is 29.3 Å². The van der Waals surface area contributed by atoms with Gasteiger partial charge < -0.3 is 5.11 Å². The summed E-state index contributed by atoms with van der Waals surface area (Å²) in [5, 5.41) is 12.0. The van der Waals surface area contributed by atoms with Gasteiger partial charge in [0.05, 0.1) is 37.6 Å². The zero-order valence-corrected chi connectivity index (χ0v) is 35.1. The summed E-state index contributed by atoms with van der Waals surface area (Å²) in [6, 6.07) is 21.3. The second-order valence-corrected chi connectivity index (χ2v) is 17.5. The summed E-state index contributed by atoms with van der Waals surface area (Å²) in [7, 11) is 0. The number of phenols is 1. The van der Waals surface area contributed by atoms with Crippen LogP contribution in [-0.2, 0) is 21.7 Å². The first-order chi connectivity index (χ1) is 39.6. The number of hydrogen-bond acceptors (Lipinski definition) is 3. The van der Waals surface area contributed by atoms with E-state index in [0.29, 0.717) is 33.5 Å². The SMILES string of the molecule is [2H]c1nc(-c2cc(-c3cccc4c3nc(-c3cc(C(C([2H])([2H])[2H])(C([2H])([2H])[2H])C([2H])([2H])[2H])ccc3O)n4-c3ccc(C(C)(C)C)cc3-c3ccccc3)cc(C(C)(C)C)c2)c([2H])c(-c2c([2H])c([2H])c(C(C([2H])([2H])[2H])(C([2H])([2H])[2H])C([2H])([2H])[2H])c([2H])c2[2H])c1[2H]. The molecule has 8 aromatic rings. The Hall–Kier alpha value is -6.26. The van der Waals surface area contributed by atoms with Gasteiger partial charge >= 0.3 is 0 Å². The lowest BCUT2D eigenvalue weighted by molar-refractivity contribution is 0.475. The van der Waals surface area contributed by atoms with Gasteiger partial charge in [-0.15, -0.1) is 0 Å². The lowest BCUT2D eigenvalue weighted by atomic mass is 9.83. The Bertz CT molecular complexity index is 3920. The van der Waals surface area contributed by atoms with E-state index in [1.807, 2.05) is 90.1 Å². The van der Waals surface area contributed by atoms with Crippen molar-refractivity contribution in [3.63, 3.8) is 0 Å². The zero-order valence-electron chi connectivity index (χ0n) is 60.1. The first-order valence-corrected chi connectivity index (χ1v) is 19.9. The predicted molar refractivity (Wildman–Crippen MR) is 263 cm³/mol. The number of aromatic hydroxyl groups is 1. The molecule has 0 saturated carbocycles. The van der Waals surface area contributed by atoms with Crippen molar-refractivity contribution in [2.75, 3.05) is 0 Å². The fraction of sp³-hybridized carbons (Fsp3) is 0.276. The van der Waals surface area contributed by atoms with Crippen molar-refractivity contribution in [3.8, 4) is 67.5 Å². The van der Waals surface area contributed by atoms with Crippen LogP contribution < -0.4 is 0 Å². The van der Waals surface area contributed by atoms with Crippen LogP contribution in [0.2, 0.25) is 0 Å². The summed E-state index contributed by atoms with van der Waals surface area (Å²) in [6.45, 7) is -11.3. The van der Waals surface area contributed by atoms with Gasteiger partial charge in [-0.05, 0) is 121 Å². The molecular weight excluding hydrogens is 755 g/mol. The number of fused-ring (bicyclic) bond motifs is 1. The van der Waals surface area contributed by atoms with E-state index in [9.17, 15) is 9.22 Å². The topological polar surface area (TPSA) is 50.9 Å². The van der Waals surface area contributed by atoms with Gasteiger partial charge in [-0.2, -0.15) is 0 Å². The highest BCUT2D eigenvalue weighted by Gasteiger charge is 2.26. The molecule has 4 nitrogen and oxygen atoms in total. The minimum absolute atomic E-state index is 0.0929. The van der Waals surface area contributed by atoms with Crippen LogP contribution in [0.4, 0.5) is 0 Å². The van der Waals surface area contributed by atoms with Gasteiger partial charge in [-0.3, -0.25) is 9.55 Å². The van der Waals surface area contributed by atoms with Gasteiger partial charge in [0, 0.05) is 47.5 Å². The highest BCUT2D eigenvalue weighted by Crippen LogP contribution is 2.43. The predicted octanol–water partition coefficient (Wildman–Crippen LogP) is 15.7. The Labute approximate surface area is 404 Å². The summed E-state index contributed by atoms with van der Waals surface area (Å²) in [4.78, 5) is 9.54. The van der Waals surface area contributed by atoms with Crippen molar-refractivity contribution in [3.05, 3.63) is 168 Å². The number of aromatic nitrogens is 3. The Balaban J connectivity index is 1.49. The van der Waals surface area contributed by atoms with Gasteiger partial charge in [-0.25, -0.2) is 4.98 Å². The second kappa shape index (κ2) is 15.6. The fourth-order valence-corrected chi connectivity index (χ4v) is 7.31. The van der Waals surface area contributed by atoms with E-state index in [-0.39, 0.29) is 33.6 Å². The highest BCUT2D eigenvalue weighted by molar-refractivity contribution is 5.98. The third kappa shape index (κ3) is 8.36. The number of hydrogen-bond donors (Lipinski definition) is 1. The maximum absolute atomic E-state index is 12.0. The number of phenolic OH excluding ortho intramolecular Hbond substituents is 1. The van der Waals surface area contributed by atoms with Crippen LogP contribution in [0.3, 0.4) is 0 Å². The van der Waals surface area contributed by atoms with E-state index >= 15 is 0 Å². The number of imidazole rings is 1. The van der Waals surface area contributed by atoms with E-state index < -0.39 is 128 Å². The van der Waals surface area contributed by atoms with Crippen molar-refractivity contribution in [1.82, 2.24) is 14.5 Å². The Morgan fingerprint density at radius 1 is 0.516 bits per heavy atom. The standard InChI is InChI=1S/C58H61N3O/c1-55(2,3)42-23-21-37(22-24-42)39-29-30-59-49(34-39)41-31-40(32-45(33-41)58(10,11)12)46-19-16-20-51-53(46)60-54(48-36-44(57(7,8)9)26-28-52(48)62)61(51)50-27-25-43(56(4,5)6)35-47(50)38-17-14-13-15-18-38/h13-36,62H,1-12H3/i1D3,2D3,3D3,7D3,8D3,9D3,21D,22D,23D,24D,29D,30D,34D. The van der Waals surface area contributed by atoms with Crippen LogP contribution >= 0.6 is 0 Å². The van der Waals surface area contributed by atoms with Crippen molar-refractivity contribution in [2.45, 2.75) is 104 Å². The summed E-state index contributed by atoms with van der Waals surface area (Å²) in [5.74, 6) is -0.627. The molecule has 0 radical (unpaired) electrons. The van der Waals surface area contributed by atoms with Crippen LogP contribution in [0.25, 0.3) is 72.7 Å². The molecule has 0 unspecified atom stereocenters. The average molecular weight is 841 g/mol. The molecule has 0 fully saturated rings. The molecule has 1 N–H and O–H groups in total. The molecule has 62 heavy (non-hydrogen) atoms. The molecule has 0 aliphatic heterocycles. The number of pyridine rings is 1. The number of nitrogens with zero attached hydrogens (tertiary/aromatic N) is 3. The third-order valence-electron chi connectivity index (χ3n) is 10.8. The van der Waals surface area contributed by atoms with E-state index in [4.69, 9.17) is 35.1 Å². The maximum atomic E-state index is 12.0. The van der Waals surface area contributed by atoms with Gasteiger partial charge in [0.15, 0.2) is 0 Å². The second-order valence-electron chi connectivity index (χ2n) is 17.5. The third-order valence-corrected chi connectivity index (χ3v) is 10.8. The van der Waals surface area contributed by atoms with Crippen molar-refractivity contribution in [2.24, 2.45) is 0 Å². The van der Waals surface area contributed by atoms with Crippen LogP contribution in [-0.4, -0.2) is 19.6 Å². The van der Waals surface area contributed by atoms with Gasteiger partial charge in [0.1, 0.15) is 11.6 Å². The largest absolute Gasteiger partial charge is 0.507 e. The van der Waals surface area contributed by atoms with Crippen LogP contribution in [0.1, 0.15) is 139 Å². The first-order valence-electron chi connectivity index (χ1n) is 32.4. The van der Waals surface area contributed by atoms with Crippen LogP contribution in [0, 0.1) is 0 Å². The molecule has 2 aromatic heterocycles. The summed E-state index contributed by atoms with van der Waals surface area (Å²) >= 11 is 0. The normalized spacial score (nSPS) is 19.7. The Morgan fingerprint density at radius 3 is 1.85 bits per heavy atom. The molecule has 6 aromatic carbocycles. The summed E-state index contributed by atoms with van der Waals surface area (Å²) in [5.41, 5.74) is -8.14. The number of benzene rings is 6. The minimum atomic E-state index is -3.98. The van der Waals surface area contributed by atoms with Crippen LogP contribution in [0.15, 0.2) is 146 Å². The molecule has 0 bridgehead atoms. The van der Waals surface area contributed by atoms with Gasteiger partial charge in [0.2, 0.25) is 0 Å². The molecule has 314 valence electrons. The lowest BCUT2D eigenvalue weighted by Crippen LogP contribution is -2.12. The van der Waals surface area contributed by atoms with Gasteiger partial charge in [-0.1, -0.05) is 167 Å². The van der Waals surface area contributed by atoms with Gasteiger partial charge in [0.25, 0.3) is 0 Å². The number of para-hydroxylation sites is 1. The first kappa shape index (κ1) is 21.7. The molecular formula is C58H61N3O. The summed E-state index contributed by atoms with van der Waals surface area (Å²) < 4.78 is 217. The fourth-order valence-electron chi connectivity index (χ4n) is 7.31. The maximum Gasteiger partial charge on any atom is 0.149 e. The van der Waals surface area contributed by atoms with E-state index in [2.05, 4.69) is 4.98 Å². The molecule has 8 rings (SSSR count). The molecule has 2 heterocycles. The molecule has 0 amide bonds. The monoisotopic (exact) mass is 841 g/mol. The highest BCUT2D eigenvalue weighted by atomic mass is 16.3. The van der Waals surface area contributed by atoms with Crippen molar-refractivity contribution in [1.29, 1.82) is 0 Å². The molecule has 0 saturated heterocycles. The van der Waals surface area contributed by atoms with Crippen LogP contribution in [0.5, 0.6) is 5.75 Å². The number of rotatable bonds is 6. The van der Waals surface area contributed by atoms with E-state index in [1.54, 1.807) is 41.0 Å². The molecule has 0 atom stereocenters. The minimum Gasteiger partial charge on any atom is -0.507 e. The molecule has 4 heteroatoms. The average Bonchev–Trinajstić information content (AvgIpc) is 1.06.